The lowest BCUT2D eigenvalue weighted by molar-refractivity contribution is -0.137. The van der Waals surface area contributed by atoms with Gasteiger partial charge >= 0.3 is 6.18 Å². The van der Waals surface area contributed by atoms with Crippen molar-refractivity contribution in [3.63, 3.8) is 0 Å². The third-order valence-electron chi connectivity index (χ3n) is 4.38. The van der Waals surface area contributed by atoms with Gasteiger partial charge in [0.1, 0.15) is 0 Å². The molecule has 3 atom stereocenters. The smallest absolute Gasteiger partial charge is 0.387 e. The van der Waals surface area contributed by atoms with Crippen LogP contribution in [0, 0.1) is 12.8 Å². The molecule has 0 spiro atoms. The van der Waals surface area contributed by atoms with Crippen molar-refractivity contribution in [2.45, 2.75) is 38.6 Å². The Kier molecular flexibility index (Phi) is 5.67. The van der Waals surface area contributed by atoms with E-state index >= 15 is 0 Å². The zero-order valence-electron chi connectivity index (χ0n) is 13.7. The van der Waals surface area contributed by atoms with Crippen LogP contribution in [0.5, 0.6) is 0 Å². The normalized spacial score (nSPS) is 15.8. The molecule has 2 nitrogen and oxygen atoms in total. The number of benzene rings is 2. The van der Waals surface area contributed by atoms with Crippen LogP contribution in [0.2, 0.25) is 0 Å². The highest BCUT2D eigenvalue weighted by Gasteiger charge is 2.32. The van der Waals surface area contributed by atoms with Crippen LogP contribution in [0.3, 0.4) is 0 Å². The molecule has 0 aliphatic heterocycles. The molecule has 2 rings (SSSR count). The van der Waals surface area contributed by atoms with Crippen molar-refractivity contribution in [3.8, 4) is 0 Å². The molecule has 0 amide bonds. The maximum atomic E-state index is 12.8. The van der Waals surface area contributed by atoms with Gasteiger partial charge in [-0.05, 0) is 48.1 Å². The fourth-order valence-electron chi connectivity index (χ4n) is 2.75. The second-order valence-electron chi connectivity index (χ2n) is 6.25. The van der Waals surface area contributed by atoms with Crippen molar-refractivity contribution < 1.29 is 18.3 Å². The predicted molar refractivity (Wildman–Crippen MR) is 88.4 cm³/mol. The van der Waals surface area contributed by atoms with Crippen LogP contribution in [-0.4, -0.2) is 11.1 Å². The third kappa shape index (κ3) is 4.36. The van der Waals surface area contributed by atoms with Gasteiger partial charge in [-0.1, -0.05) is 43.3 Å². The van der Waals surface area contributed by atoms with Gasteiger partial charge in [-0.15, -0.1) is 0 Å². The van der Waals surface area contributed by atoms with Crippen LogP contribution in [0.1, 0.15) is 35.3 Å². The molecule has 24 heavy (non-hydrogen) atoms. The molecule has 0 saturated carbocycles. The lowest BCUT2D eigenvalue weighted by Gasteiger charge is -2.26. The first-order valence-electron chi connectivity index (χ1n) is 7.85. The highest BCUT2D eigenvalue weighted by molar-refractivity contribution is 5.29. The molecule has 3 N–H and O–H groups in total. The number of hydrogen-bond acceptors (Lipinski definition) is 2. The summed E-state index contributed by atoms with van der Waals surface area (Å²) in [5, 5.41) is 10.4. The van der Waals surface area contributed by atoms with E-state index in [1.807, 2.05) is 38.1 Å². The average Bonchev–Trinajstić information content (AvgIpc) is 2.55. The van der Waals surface area contributed by atoms with Crippen molar-refractivity contribution in [1.29, 1.82) is 0 Å². The summed E-state index contributed by atoms with van der Waals surface area (Å²) in [6.45, 7) is 3.89. The summed E-state index contributed by atoms with van der Waals surface area (Å²) < 4.78 is 38.4. The molecule has 0 saturated heterocycles. The molecule has 5 heteroatoms. The van der Waals surface area contributed by atoms with Gasteiger partial charge < -0.3 is 10.8 Å². The number of hydrogen-bond donors (Lipinski definition) is 2. The summed E-state index contributed by atoms with van der Waals surface area (Å²) in [5.74, 6) is -0.0874. The second kappa shape index (κ2) is 7.36. The number of aliphatic hydroxyl groups is 1. The van der Waals surface area contributed by atoms with Crippen LogP contribution in [0.25, 0.3) is 0 Å². The Morgan fingerprint density at radius 2 is 1.75 bits per heavy atom. The first kappa shape index (κ1) is 18.5. The van der Waals surface area contributed by atoms with E-state index in [0.717, 1.165) is 23.3 Å². The summed E-state index contributed by atoms with van der Waals surface area (Å²) in [4.78, 5) is 0. The Hall–Kier alpha value is -1.85. The molecule has 3 unspecified atom stereocenters. The molecule has 2 aromatic rings. The molecule has 2 aromatic carbocycles. The topological polar surface area (TPSA) is 46.2 Å². The van der Waals surface area contributed by atoms with E-state index in [2.05, 4.69) is 0 Å². The van der Waals surface area contributed by atoms with Crippen LogP contribution >= 0.6 is 0 Å². The Morgan fingerprint density at radius 1 is 1.08 bits per heavy atom. The van der Waals surface area contributed by atoms with E-state index < -0.39 is 23.9 Å². The quantitative estimate of drug-likeness (QED) is 0.857. The number of rotatable bonds is 5. The van der Waals surface area contributed by atoms with Crippen molar-refractivity contribution in [3.05, 3.63) is 70.8 Å². The number of aliphatic hydroxyl groups excluding tert-OH is 1. The molecule has 0 heterocycles. The summed E-state index contributed by atoms with van der Waals surface area (Å²) in [7, 11) is 0. The number of nitrogens with two attached hydrogens (primary N) is 1. The van der Waals surface area contributed by atoms with E-state index in [4.69, 9.17) is 5.73 Å². The third-order valence-corrected chi connectivity index (χ3v) is 4.38. The van der Waals surface area contributed by atoms with Crippen LogP contribution in [0.4, 0.5) is 13.2 Å². The monoisotopic (exact) mass is 337 g/mol. The Balaban J connectivity index is 2.14. The molecular formula is C19H22F3NO. The summed E-state index contributed by atoms with van der Waals surface area (Å²) in [5.41, 5.74) is 7.78. The molecule has 0 aromatic heterocycles. The zero-order chi connectivity index (χ0) is 17.9. The Bertz CT molecular complexity index is 684. The van der Waals surface area contributed by atoms with Crippen molar-refractivity contribution in [1.82, 2.24) is 0 Å². The van der Waals surface area contributed by atoms with Crippen molar-refractivity contribution in [2.75, 3.05) is 0 Å². The first-order chi connectivity index (χ1) is 11.2. The van der Waals surface area contributed by atoms with Gasteiger partial charge in [-0.2, -0.15) is 13.2 Å². The van der Waals surface area contributed by atoms with E-state index in [-0.39, 0.29) is 11.5 Å². The van der Waals surface area contributed by atoms with E-state index in [0.29, 0.717) is 6.42 Å². The molecule has 0 aliphatic rings. The molecule has 0 radical (unpaired) electrons. The highest BCUT2D eigenvalue weighted by atomic mass is 19.4. The van der Waals surface area contributed by atoms with Gasteiger partial charge in [-0.3, -0.25) is 0 Å². The largest absolute Gasteiger partial charge is 0.416 e. The van der Waals surface area contributed by atoms with Crippen LogP contribution in [0.15, 0.2) is 48.5 Å². The predicted octanol–water partition coefficient (Wildman–Crippen LogP) is 4.25. The maximum absolute atomic E-state index is 12.8. The van der Waals surface area contributed by atoms with E-state index in [9.17, 15) is 18.3 Å². The van der Waals surface area contributed by atoms with Gasteiger partial charge in [0, 0.05) is 6.04 Å². The molecular weight excluding hydrogens is 315 g/mol. The first-order valence-corrected chi connectivity index (χ1v) is 7.85. The Labute approximate surface area is 140 Å². The molecule has 0 bridgehead atoms. The minimum absolute atomic E-state index is 0.0874. The van der Waals surface area contributed by atoms with Crippen LogP contribution < -0.4 is 5.73 Å². The number of aryl methyl sites for hydroxylation is 1. The van der Waals surface area contributed by atoms with Crippen molar-refractivity contribution in [2.24, 2.45) is 11.7 Å². The fraction of sp³-hybridized carbons (Fsp3) is 0.368. The lowest BCUT2D eigenvalue weighted by atomic mass is 9.87. The molecule has 0 fully saturated rings. The van der Waals surface area contributed by atoms with Gasteiger partial charge in [0.2, 0.25) is 0 Å². The summed E-state index contributed by atoms with van der Waals surface area (Å²) in [6.07, 6.45) is -4.93. The van der Waals surface area contributed by atoms with Crippen LogP contribution in [-0.2, 0) is 12.6 Å². The maximum Gasteiger partial charge on any atom is 0.416 e. The lowest BCUT2D eigenvalue weighted by Crippen LogP contribution is -2.36. The van der Waals surface area contributed by atoms with Gasteiger partial charge in [0.05, 0.1) is 11.7 Å². The van der Waals surface area contributed by atoms with E-state index in [1.54, 1.807) is 0 Å². The number of alkyl halides is 3. The molecule has 130 valence electrons. The van der Waals surface area contributed by atoms with Crippen molar-refractivity contribution >= 4 is 0 Å². The highest BCUT2D eigenvalue weighted by Crippen LogP contribution is 2.32. The average molecular weight is 337 g/mol. The van der Waals surface area contributed by atoms with Gasteiger partial charge in [-0.25, -0.2) is 0 Å². The second-order valence-corrected chi connectivity index (χ2v) is 6.25. The minimum atomic E-state index is -4.44. The summed E-state index contributed by atoms with van der Waals surface area (Å²) >= 11 is 0. The van der Waals surface area contributed by atoms with Gasteiger partial charge in [0.15, 0.2) is 0 Å². The van der Waals surface area contributed by atoms with E-state index in [1.165, 1.54) is 12.1 Å². The minimum Gasteiger partial charge on any atom is -0.387 e. The zero-order valence-corrected chi connectivity index (χ0v) is 13.7. The standard InChI is InChI=1S/C19H22F3NO/c1-12-6-3-4-7-14(12)10-13(2)17(23)18(24)15-8-5-9-16(11-15)19(20,21)22/h3-9,11,13,17-18,24H,10,23H2,1-2H3. The fourth-order valence-corrected chi connectivity index (χ4v) is 2.75. The molecule has 0 aliphatic carbocycles. The van der Waals surface area contributed by atoms with Gasteiger partial charge in [0.25, 0.3) is 0 Å². The Morgan fingerprint density at radius 3 is 2.38 bits per heavy atom. The summed E-state index contributed by atoms with van der Waals surface area (Å²) in [6, 6.07) is 11.9. The SMILES string of the molecule is Cc1ccccc1CC(C)C(N)C(O)c1cccc(C(F)(F)F)c1. The number of halogens is 3.